The Bertz CT molecular complexity index is 711. The smallest absolute Gasteiger partial charge is 0.274 e. The average Bonchev–Trinajstić information content (AvgIpc) is 2.53. The molecule has 23 heavy (non-hydrogen) atoms. The average molecular weight is 327 g/mol. The zero-order chi connectivity index (χ0) is 17.2. The molecule has 0 bridgehead atoms. The van der Waals surface area contributed by atoms with Crippen LogP contribution in [0.2, 0.25) is 0 Å². The predicted octanol–water partition coefficient (Wildman–Crippen LogP) is 4.14. The van der Waals surface area contributed by atoms with Gasteiger partial charge in [0.1, 0.15) is 5.82 Å². The molecule has 0 fully saturated rings. The van der Waals surface area contributed by atoms with Crippen LogP contribution >= 0.6 is 0 Å². The number of hydrogen-bond donors (Lipinski definition) is 0. The highest BCUT2D eigenvalue weighted by molar-refractivity contribution is 5.94. The number of hydrogen-bond acceptors (Lipinski definition) is 2. The Kier molecular flexibility index (Phi) is 4.70. The Morgan fingerprint density at radius 1 is 1.09 bits per heavy atom. The number of halogens is 4. The lowest BCUT2D eigenvalue weighted by atomic mass is 9.97. The molecule has 0 heterocycles. The Hall–Kier alpha value is -2.41. The second kappa shape index (κ2) is 6.37. The summed E-state index contributed by atoms with van der Waals surface area (Å²) >= 11 is 0. The molecular formula is C16H13F4NO2. The SMILES string of the molecule is CON(C)C(=O)c1ccc(-c2ccc(F)cc2)c(C(F)(F)F)c1. The first-order chi connectivity index (χ1) is 10.7. The van der Waals surface area contributed by atoms with Crippen LogP contribution in [0.3, 0.4) is 0 Å². The molecule has 2 rings (SSSR count). The van der Waals surface area contributed by atoms with E-state index in [1.165, 1.54) is 38.4 Å². The lowest BCUT2D eigenvalue weighted by Gasteiger charge is -2.17. The maximum atomic E-state index is 13.3. The number of carbonyl (C=O) groups excluding carboxylic acids is 1. The molecule has 0 radical (unpaired) electrons. The lowest BCUT2D eigenvalue weighted by Crippen LogP contribution is -2.25. The standard InChI is InChI=1S/C16H13F4NO2/c1-21(23-2)15(22)11-5-8-13(14(9-11)16(18,19)20)10-3-6-12(17)7-4-10/h3-9H,1-2H3. The van der Waals surface area contributed by atoms with Gasteiger partial charge in [-0.15, -0.1) is 0 Å². The first-order valence-electron chi connectivity index (χ1n) is 6.53. The Morgan fingerprint density at radius 3 is 2.22 bits per heavy atom. The van der Waals surface area contributed by atoms with Crippen molar-refractivity contribution < 1.29 is 27.2 Å². The molecule has 0 saturated carbocycles. The van der Waals surface area contributed by atoms with E-state index in [1.807, 2.05) is 0 Å². The molecule has 0 aliphatic heterocycles. The van der Waals surface area contributed by atoms with Gasteiger partial charge in [-0.3, -0.25) is 9.63 Å². The van der Waals surface area contributed by atoms with Gasteiger partial charge in [0.15, 0.2) is 0 Å². The number of amides is 1. The Labute approximate surface area is 130 Å². The van der Waals surface area contributed by atoms with Crippen molar-refractivity contribution in [1.82, 2.24) is 5.06 Å². The van der Waals surface area contributed by atoms with Gasteiger partial charge in [-0.05, 0) is 35.4 Å². The van der Waals surface area contributed by atoms with E-state index in [1.54, 1.807) is 0 Å². The van der Waals surface area contributed by atoms with E-state index in [9.17, 15) is 22.4 Å². The Morgan fingerprint density at radius 2 is 1.70 bits per heavy atom. The largest absolute Gasteiger partial charge is 0.417 e. The van der Waals surface area contributed by atoms with Crippen molar-refractivity contribution in [2.45, 2.75) is 6.18 Å². The van der Waals surface area contributed by atoms with Crippen molar-refractivity contribution in [2.75, 3.05) is 14.2 Å². The summed E-state index contributed by atoms with van der Waals surface area (Å²) in [7, 11) is 2.53. The Balaban J connectivity index is 2.56. The number of rotatable bonds is 3. The zero-order valence-electron chi connectivity index (χ0n) is 12.3. The fourth-order valence-corrected chi connectivity index (χ4v) is 2.06. The van der Waals surface area contributed by atoms with Crippen LogP contribution in [-0.4, -0.2) is 25.1 Å². The molecule has 0 unspecified atom stereocenters. The van der Waals surface area contributed by atoms with Crippen LogP contribution in [0, 0.1) is 5.82 Å². The van der Waals surface area contributed by atoms with E-state index in [2.05, 4.69) is 4.84 Å². The minimum absolute atomic E-state index is 0.130. The van der Waals surface area contributed by atoms with E-state index in [4.69, 9.17) is 0 Å². The molecule has 122 valence electrons. The minimum Gasteiger partial charge on any atom is -0.274 e. The molecule has 2 aromatic carbocycles. The third-order valence-electron chi connectivity index (χ3n) is 3.29. The second-order valence-electron chi connectivity index (χ2n) is 4.75. The van der Waals surface area contributed by atoms with Gasteiger partial charge in [0.05, 0.1) is 12.7 Å². The molecule has 0 N–H and O–H groups in total. The highest BCUT2D eigenvalue weighted by Gasteiger charge is 2.34. The van der Waals surface area contributed by atoms with E-state index in [0.29, 0.717) is 0 Å². The number of nitrogens with zero attached hydrogens (tertiary/aromatic N) is 1. The van der Waals surface area contributed by atoms with Crippen LogP contribution in [0.4, 0.5) is 17.6 Å². The van der Waals surface area contributed by atoms with Gasteiger partial charge in [0.25, 0.3) is 5.91 Å². The highest BCUT2D eigenvalue weighted by Crippen LogP contribution is 2.37. The van der Waals surface area contributed by atoms with Gasteiger partial charge in [0, 0.05) is 12.6 Å². The van der Waals surface area contributed by atoms with Crippen LogP contribution in [-0.2, 0) is 11.0 Å². The molecule has 0 saturated heterocycles. The number of benzene rings is 2. The van der Waals surface area contributed by atoms with Gasteiger partial charge >= 0.3 is 6.18 Å². The molecule has 0 aliphatic carbocycles. The van der Waals surface area contributed by atoms with E-state index >= 15 is 0 Å². The van der Waals surface area contributed by atoms with Crippen LogP contribution < -0.4 is 0 Å². The number of carbonyl (C=O) groups is 1. The van der Waals surface area contributed by atoms with Gasteiger partial charge in [-0.1, -0.05) is 18.2 Å². The molecule has 0 atom stereocenters. The first-order valence-corrected chi connectivity index (χ1v) is 6.53. The van der Waals surface area contributed by atoms with Crippen LogP contribution in [0.1, 0.15) is 15.9 Å². The normalized spacial score (nSPS) is 11.4. The van der Waals surface area contributed by atoms with Crippen LogP contribution in [0.15, 0.2) is 42.5 Å². The second-order valence-corrected chi connectivity index (χ2v) is 4.75. The van der Waals surface area contributed by atoms with Crippen molar-refractivity contribution in [3.05, 3.63) is 59.4 Å². The van der Waals surface area contributed by atoms with E-state index in [-0.39, 0.29) is 16.7 Å². The van der Waals surface area contributed by atoms with Crippen molar-refractivity contribution in [2.24, 2.45) is 0 Å². The molecular weight excluding hydrogens is 314 g/mol. The summed E-state index contributed by atoms with van der Waals surface area (Å²) in [4.78, 5) is 16.6. The third-order valence-corrected chi connectivity index (χ3v) is 3.29. The maximum absolute atomic E-state index is 13.3. The van der Waals surface area contributed by atoms with Gasteiger partial charge < -0.3 is 0 Å². The van der Waals surface area contributed by atoms with Crippen molar-refractivity contribution in [1.29, 1.82) is 0 Å². The van der Waals surface area contributed by atoms with E-state index in [0.717, 1.165) is 23.3 Å². The fraction of sp³-hybridized carbons (Fsp3) is 0.188. The number of alkyl halides is 3. The quantitative estimate of drug-likeness (QED) is 0.626. The third kappa shape index (κ3) is 3.68. The van der Waals surface area contributed by atoms with Crippen molar-refractivity contribution in [3.63, 3.8) is 0 Å². The predicted molar refractivity (Wildman–Crippen MR) is 75.9 cm³/mol. The summed E-state index contributed by atoms with van der Waals surface area (Å²) in [5.41, 5.74) is -1.06. The first kappa shape index (κ1) is 17.0. The van der Waals surface area contributed by atoms with Crippen molar-refractivity contribution >= 4 is 5.91 Å². The summed E-state index contributed by atoms with van der Waals surface area (Å²) in [5.74, 6) is -1.25. The minimum atomic E-state index is -4.66. The summed E-state index contributed by atoms with van der Waals surface area (Å²) in [6, 6.07) is 7.88. The molecule has 0 aromatic heterocycles. The summed E-state index contributed by atoms with van der Waals surface area (Å²) in [6.45, 7) is 0. The summed E-state index contributed by atoms with van der Waals surface area (Å²) in [5, 5.41) is 0.826. The van der Waals surface area contributed by atoms with Crippen LogP contribution in [0.5, 0.6) is 0 Å². The number of hydroxylamine groups is 2. The van der Waals surface area contributed by atoms with Gasteiger partial charge in [0.2, 0.25) is 0 Å². The molecule has 7 heteroatoms. The maximum Gasteiger partial charge on any atom is 0.417 e. The topological polar surface area (TPSA) is 29.5 Å². The summed E-state index contributed by atoms with van der Waals surface area (Å²) in [6.07, 6.45) is -4.66. The fourth-order valence-electron chi connectivity index (χ4n) is 2.06. The highest BCUT2D eigenvalue weighted by atomic mass is 19.4. The molecule has 2 aromatic rings. The monoisotopic (exact) mass is 327 g/mol. The molecule has 0 spiro atoms. The lowest BCUT2D eigenvalue weighted by molar-refractivity contribution is -0.137. The van der Waals surface area contributed by atoms with Gasteiger partial charge in [-0.2, -0.15) is 13.2 Å². The van der Waals surface area contributed by atoms with Crippen LogP contribution in [0.25, 0.3) is 11.1 Å². The molecule has 0 aliphatic rings. The van der Waals surface area contributed by atoms with E-state index < -0.39 is 23.5 Å². The van der Waals surface area contributed by atoms with Gasteiger partial charge in [-0.25, -0.2) is 9.45 Å². The van der Waals surface area contributed by atoms with Crippen molar-refractivity contribution in [3.8, 4) is 11.1 Å². The zero-order valence-corrected chi connectivity index (χ0v) is 12.3. The molecule has 3 nitrogen and oxygen atoms in total. The summed E-state index contributed by atoms with van der Waals surface area (Å²) < 4.78 is 52.9. The molecule has 1 amide bonds.